The first-order chi connectivity index (χ1) is 12.7. The lowest BCUT2D eigenvalue weighted by molar-refractivity contribution is 0.327. The minimum Gasteiger partial charge on any atom is -0.485 e. The fourth-order valence-corrected chi connectivity index (χ4v) is 2.95. The molecule has 4 rings (SSSR count). The number of nitrogens with zero attached hydrogens (tertiary/aromatic N) is 2. The van der Waals surface area contributed by atoms with Crippen molar-refractivity contribution in [2.75, 3.05) is 13.2 Å². The summed E-state index contributed by atoms with van der Waals surface area (Å²) in [6.07, 6.45) is 1.83. The second-order valence-electron chi connectivity index (χ2n) is 6.21. The Morgan fingerprint density at radius 3 is 2.46 bits per heavy atom. The van der Waals surface area contributed by atoms with E-state index in [4.69, 9.17) is 14.5 Å². The van der Waals surface area contributed by atoms with Crippen LogP contribution in [-0.2, 0) is 0 Å². The molecule has 3 aromatic rings. The fourth-order valence-electron chi connectivity index (χ4n) is 2.95. The number of aryl methyl sites for hydroxylation is 1. The van der Waals surface area contributed by atoms with Crippen molar-refractivity contribution in [3.05, 3.63) is 71.9 Å². The summed E-state index contributed by atoms with van der Waals surface area (Å²) in [5, 5.41) is 0. The van der Waals surface area contributed by atoms with Crippen LogP contribution in [0.15, 0.2) is 65.8 Å². The molecule has 0 bridgehead atoms. The number of fused-ring (bicyclic) bond motifs is 1. The fraction of sp³-hybridized carbons (Fsp3) is 0.182. The van der Waals surface area contributed by atoms with E-state index in [2.05, 4.69) is 42.2 Å². The molecule has 4 heteroatoms. The summed E-state index contributed by atoms with van der Waals surface area (Å²) < 4.78 is 11.2. The van der Waals surface area contributed by atoms with E-state index >= 15 is 0 Å². The molecule has 0 amide bonds. The van der Waals surface area contributed by atoms with Gasteiger partial charge in [0.25, 0.3) is 0 Å². The molecule has 1 aliphatic heterocycles. The zero-order valence-corrected chi connectivity index (χ0v) is 14.9. The average Bonchev–Trinajstić information content (AvgIpc) is 2.68. The Balaban J connectivity index is 1.58. The maximum Gasteiger partial charge on any atom is 0.213 e. The molecule has 26 heavy (non-hydrogen) atoms. The number of hydrogen-bond acceptors (Lipinski definition) is 4. The van der Waals surface area contributed by atoms with E-state index < -0.39 is 0 Å². The van der Waals surface area contributed by atoms with Crippen LogP contribution in [0.3, 0.4) is 0 Å². The molecule has 0 radical (unpaired) electrons. The highest BCUT2D eigenvalue weighted by Crippen LogP contribution is 2.32. The maximum absolute atomic E-state index is 5.84. The third-order valence-electron chi connectivity index (χ3n) is 4.31. The van der Waals surface area contributed by atoms with Crippen LogP contribution in [0.4, 0.5) is 5.69 Å². The van der Waals surface area contributed by atoms with Crippen LogP contribution in [-0.4, -0.2) is 23.9 Å². The van der Waals surface area contributed by atoms with E-state index in [9.17, 15) is 0 Å². The summed E-state index contributed by atoms with van der Waals surface area (Å²) in [7, 11) is 0. The average molecular weight is 344 g/mol. The normalized spacial score (nSPS) is 12.8. The minimum absolute atomic E-state index is 0.486. The standard InChI is InChI=1S/C22H20N2O2/c1-3-25-22-11-9-18(13-23-22)16-5-7-17(8-6-16)20-14-26-21-10-4-15(2)12-19(21)24-20/h4-13H,3,14H2,1-2H3. The van der Waals surface area contributed by atoms with Gasteiger partial charge in [-0.05, 0) is 48.7 Å². The van der Waals surface area contributed by atoms with E-state index in [-0.39, 0.29) is 0 Å². The van der Waals surface area contributed by atoms with Crippen molar-refractivity contribution in [2.45, 2.75) is 13.8 Å². The van der Waals surface area contributed by atoms with Gasteiger partial charge in [-0.25, -0.2) is 9.98 Å². The predicted molar refractivity (Wildman–Crippen MR) is 104 cm³/mol. The Kier molecular flexibility index (Phi) is 4.40. The Hall–Kier alpha value is -3.14. The number of ether oxygens (including phenoxy) is 2. The van der Waals surface area contributed by atoms with Crippen molar-refractivity contribution < 1.29 is 9.47 Å². The Bertz CT molecular complexity index is 945. The Labute approximate surface area is 153 Å². The van der Waals surface area contributed by atoms with Crippen molar-refractivity contribution in [3.63, 3.8) is 0 Å². The number of benzene rings is 2. The zero-order valence-electron chi connectivity index (χ0n) is 14.9. The first kappa shape index (κ1) is 16.3. The summed E-state index contributed by atoms with van der Waals surface area (Å²) in [4.78, 5) is 9.10. The van der Waals surface area contributed by atoms with Crippen molar-refractivity contribution in [1.29, 1.82) is 0 Å². The second kappa shape index (κ2) is 7.00. The zero-order chi connectivity index (χ0) is 17.9. The highest BCUT2D eigenvalue weighted by molar-refractivity contribution is 6.04. The summed E-state index contributed by atoms with van der Waals surface area (Å²) in [5.41, 5.74) is 6.25. The number of hydrogen-bond donors (Lipinski definition) is 0. The van der Waals surface area contributed by atoms with Crippen LogP contribution in [0.1, 0.15) is 18.1 Å². The topological polar surface area (TPSA) is 43.7 Å². The van der Waals surface area contributed by atoms with Gasteiger partial charge in [-0.3, -0.25) is 0 Å². The molecule has 1 aliphatic rings. The molecule has 0 saturated heterocycles. The largest absolute Gasteiger partial charge is 0.485 e. The monoisotopic (exact) mass is 344 g/mol. The SMILES string of the molecule is CCOc1ccc(-c2ccc(C3=Nc4cc(C)ccc4OC3)cc2)cn1. The maximum atomic E-state index is 5.84. The summed E-state index contributed by atoms with van der Waals surface area (Å²) in [6, 6.07) is 18.3. The highest BCUT2D eigenvalue weighted by Gasteiger charge is 2.14. The third-order valence-corrected chi connectivity index (χ3v) is 4.31. The lowest BCUT2D eigenvalue weighted by atomic mass is 10.0. The Morgan fingerprint density at radius 2 is 1.73 bits per heavy atom. The van der Waals surface area contributed by atoms with E-state index in [1.54, 1.807) is 0 Å². The van der Waals surface area contributed by atoms with Crippen molar-refractivity contribution in [2.24, 2.45) is 4.99 Å². The molecule has 0 aliphatic carbocycles. The highest BCUT2D eigenvalue weighted by atomic mass is 16.5. The molecule has 4 nitrogen and oxygen atoms in total. The molecular weight excluding hydrogens is 324 g/mol. The van der Waals surface area contributed by atoms with Gasteiger partial charge in [-0.2, -0.15) is 0 Å². The van der Waals surface area contributed by atoms with Gasteiger partial charge < -0.3 is 9.47 Å². The van der Waals surface area contributed by atoms with E-state index in [0.29, 0.717) is 19.1 Å². The van der Waals surface area contributed by atoms with Crippen molar-refractivity contribution in [3.8, 4) is 22.8 Å². The van der Waals surface area contributed by atoms with Crippen LogP contribution in [0.5, 0.6) is 11.6 Å². The van der Waals surface area contributed by atoms with Gasteiger partial charge >= 0.3 is 0 Å². The van der Waals surface area contributed by atoms with Crippen LogP contribution in [0.2, 0.25) is 0 Å². The van der Waals surface area contributed by atoms with Crippen molar-refractivity contribution in [1.82, 2.24) is 4.98 Å². The molecule has 130 valence electrons. The number of aromatic nitrogens is 1. The quantitative estimate of drug-likeness (QED) is 0.671. The van der Waals surface area contributed by atoms with E-state index in [1.807, 2.05) is 37.4 Å². The molecule has 2 aromatic carbocycles. The molecular formula is C22H20N2O2. The van der Waals surface area contributed by atoms with Crippen molar-refractivity contribution >= 4 is 11.4 Å². The first-order valence-corrected chi connectivity index (χ1v) is 8.73. The van der Waals surface area contributed by atoms with E-state index in [0.717, 1.165) is 33.8 Å². The van der Waals surface area contributed by atoms with Crippen LogP contribution in [0.25, 0.3) is 11.1 Å². The Morgan fingerprint density at radius 1 is 0.962 bits per heavy atom. The van der Waals surface area contributed by atoms with Gasteiger partial charge in [0.1, 0.15) is 18.0 Å². The summed E-state index contributed by atoms with van der Waals surface area (Å²) >= 11 is 0. The van der Waals surface area contributed by atoms with Gasteiger partial charge in [0, 0.05) is 17.8 Å². The lowest BCUT2D eigenvalue weighted by Crippen LogP contribution is -2.16. The predicted octanol–water partition coefficient (Wildman–Crippen LogP) is 4.97. The summed E-state index contributed by atoms with van der Waals surface area (Å²) in [5.74, 6) is 1.49. The van der Waals surface area contributed by atoms with Gasteiger partial charge in [-0.1, -0.05) is 30.3 Å². The van der Waals surface area contributed by atoms with Crippen LogP contribution < -0.4 is 9.47 Å². The minimum atomic E-state index is 0.486. The van der Waals surface area contributed by atoms with E-state index in [1.165, 1.54) is 5.56 Å². The molecule has 0 atom stereocenters. The second-order valence-corrected chi connectivity index (χ2v) is 6.21. The number of pyridine rings is 1. The third kappa shape index (κ3) is 3.31. The summed E-state index contributed by atoms with van der Waals surface area (Å²) in [6.45, 7) is 5.11. The molecule has 2 heterocycles. The number of rotatable bonds is 4. The van der Waals surface area contributed by atoms with Gasteiger partial charge in [-0.15, -0.1) is 0 Å². The van der Waals surface area contributed by atoms with Crippen LogP contribution in [0, 0.1) is 6.92 Å². The molecule has 0 fully saturated rings. The van der Waals surface area contributed by atoms with Crippen LogP contribution >= 0.6 is 0 Å². The molecule has 0 saturated carbocycles. The van der Waals surface area contributed by atoms with Gasteiger partial charge in [0.15, 0.2) is 0 Å². The van der Waals surface area contributed by atoms with Gasteiger partial charge in [0.2, 0.25) is 5.88 Å². The first-order valence-electron chi connectivity index (χ1n) is 8.73. The lowest BCUT2D eigenvalue weighted by Gasteiger charge is -2.17. The molecule has 0 spiro atoms. The molecule has 0 unspecified atom stereocenters. The number of aliphatic imine (C=N–C) groups is 1. The molecule has 0 N–H and O–H groups in total. The van der Waals surface area contributed by atoms with Gasteiger partial charge in [0.05, 0.1) is 12.3 Å². The molecule has 1 aromatic heterocycles. The smallest absolute Gasteiger partial charge is 0.213 e.